The van der Waals surface area contributed by atoms with Crippen LogP contribution in [-0.2, 0) is 0 Å². The second-order valence-electron chi connectivity index (χ2n) is 3.12. The largest absolute Gasteiger partial charge is 0.247 e. The van der Waals surface area contributed by atoms with Gasteiger partial charge < -0.3 is 0 Å². The van der Waals surface area contributed by atoms with E-state index in [2.05, 4.69) is 20.9 Å². The zero-order chi connectivity index (χ0) is 12.4. The normalized spacial score (nSPS) is 10.6. The minimum atomic E-state index is 0.529. The van der Waals surface area contributed by atoms with Crippen LogP contribution in [0.2, 0.25) is 15.1 Å². The van der Waals surface area contributed by atoms with Crippen molar-refractivity contribution in [3.8, 4) is 0 Å². The van der Waals surface area contributed by atoms with E-state index in [1.165, 1.54) is 11.8 Å². The lowest BCUT2D eigenvalue weighted by atomic mass is 10.4. The Morgan fingerprint density at radius 3 is 2.47 bits per heavy atom. The molecule has 0 aliphatic heterocycles. The lowest BCUT2D eigenvalue weighted by Gasteiger charge is -2.04. The molecule has 0 aliphatic rings. The maximum Gasteiger partial charge on any atom is 0.115 e. The van der Waals surface area contributed by atoms with Crippen LogP contribution in [0.1, 0.15) is 0 Å². The van der Waals surface area contributed by atoms with Gasteiger partial charge in [-0.15, -0.1) is 0 Å². The SMILES string of the molecule is Clc1cnc(Sc2ccc(Cl)c(Cl)c2)c(Br)c1. The van der Waals surface area contributed by atoms with Gasteiger partial charge in [0.05, 0.1) is 19.5 Å². The van der Waals surface area contributed by atoms with Gasteiger partial charge in [0, 0.05) is 11.1 Å². The molecule has 0 bridgehead atoms. The Hall–Kier alpha value is 0.0700. The number of benzene rings is 1. The van der Waals surface area contributed by atoms with Crippen LogP contribution in [0.25, 0.3) is 0 Å². The molecule has 0 N–H and O–H groups in total. The summed E-state index contributed by atoms with van der Waals surface area (Å²) in [6.45, 7) is 0. The fraction of sp³-hybridized carbons (Fsp3) is 0. The van der Waals surface area contributed by atoms with Crippen molar-refractivity contribution in [2.24, 2.45) is 0 Å². The fourth-order valence-corrected chi connectivity index (χ4v) is 3.17. The summed E-state index contributed by atoms with van der Waals surface area (Å²) < 4.78 is 0.848. The summed E-state index contributed by atoms with van der Waals surface area (Å²) in [4.78, 5) is 5.20. The zero-order valence-corrected chi connectivity index (χ0v) is 12.9. The maximum absolute atomic E-state index is 5.95. The van der Waals surface area contributed by atoms with E-state index in [-0.39, 0.29) is 0 Å². The molecule has 1 heterocycles. The van der Waals surface area contributed by atoms with Gasteiger partial charge in [0.25, 0.3) is 0 Å². The van der Waals surface area contributed by atoms with Crippen molar-refractivity contribution in [2.45, 2.75) is 9.92 Å². The molecule has 1 nitrogen and oxygen atoms in total. The van der Waals surface area contributed by atoms with E-state index in [1.807, 2.05) is 6.07 Å². The van der Waals surface area contributed by atoms with Crippen molar-refractivity contribution in [2.75, 3.05) is 0 Å². The molecule has 0 saturated heterocycles. The smallest absolute Gasteiger partial charge is 0.115 e. The first-order valence-electron chi connectivity index (χ1n) is 4.50. The van der Waals surface area contributed by atoms with Crippen LogP contribution >= 0.6 is 62.5 Å². The predicted octanol–water partition coefficient (Wildman–Crippen LogP) is 5.96. The Morgan fingerprint density at radius 1 is 1.06 bits per heavy atom. The van der Waals surface area contributed by atoms with Gasteiger partial charge in [-0.1, -0.05) is 46.6 Å². The van der Waals surface area contributed by atoms with E-state index in [9.17, 15) is 0 Å². The predicted molar refractivity (Wildman–Crippen MR) is 77.5 cm³/mol. The summed E-state index contributed by atoms with van der Waals surface area (Å²) in [6.07, 6.45) is 1.60. The highest BCUT2D eigenvalue weighted by atomic mass is 79.9. The zero-order valence-electron chi connectivity index (χ0n) is 8.25. The van der Waals surface area contributed by atoms with Crippen LogP contribution < -0.4 is 0 Å². The van der Waals surface area contributed by atoms with Crippen LogP contribution in [0.5, 0.6) is 0 Å². The Bertz CT molecular complexity index is 562. The highest BCUT2D eigenvalue weighted by Crippen LogP contribution is 2.35. The molecule has 6 heteroatoms. The number of rotatable bonds is 2. The Kier molecular flexibility index (Phi) is 4.61. The highest BCUT2D eigenvalue weighted by Gasteiger charge is 2.06. The van der Waals surface area contributed by atoms with Crippen molar-refractivity contribution in [1.29, 1.82) is 0 Å². The van der Waals surface area contributed by atoms with Crippen LogP contribution in [-0.4, -0.2) is 4.98 Å². The maximum atomic E-state index is 5.95. The number of pyridine rings is 1. The molecule has 0 unspecified atom stereocenters. The lowest BCUT2D eigenvalue weighted by Crippen LogP contribution is -1.82. The van der Waals surface area contributed by atoms with E-state index >= 15 is 0 Å². The molecule has 0 aliphatic carbocycles. The van der Waals surface area contributed by atoms with Gasteiger partial charge in [-0.3, -0.25) is 0 Å². The number of hydrogen-bond acceptors (Lipinski definition) is 2. The summed E-state index contributed by atoms with van der Waals surface area (Å²) in [5, 5.41) is 2.49. The molecule has 0 spiro atoms. The Labute approximate surface area is 127 Å². The first-order chi connectivity index (χ1) is 8.06. The molecule has 0 atom stereocenters. The molecule has 0 amide bonds. The Morgan fingerprint density at radius 2 is 1.82 bits per heavy atom. The third kappa shape index (κ3) is 3.52. The summed E-state index contributed by atoms with van der Waals surface area (Å²) in [5.41, 5.74) is 0. The summed E-state index contributed by atoms with van der Waals surface area (Å²) in [5.74, 6) is 0. The van der Waals surface area contributed by atoms with Crippen molar-refractivity contribution in [3.63, 3.8) is 0 Å². The molecule has 88 valence electrons. The van der Waals surface area contributed by atoms with Crippen LogP contribution in [0.3, 0.4) is 0 Å². The average molecular weight is 369 g/mol. The monoisotopic (exact) mass is 367 g/mol. The third-order valence-electron chi connectivity index (χ3n) is 1.88. The number of aromatic nitrogens is 1. The van der Waals surface area contributed by atoms with Gasteiger partial charge in [0.1, 0.15) is 5.03 Å². The minimum Gasteiger partial charge on any atom is -0.247 e. The second kappa shape index (κ2) is 5.81. The van der Waals surface area contributed by atoms with Gasteiger partial charge in [0.2, 0.25) is 0 Å². The number of halogens is 4. The average Bonchev–Trinajstić information content (AvgIpc) is 2.27. The molecule has 17 heavy (non-hydrogen) atoms. The molecule has 0 radical (unpaired) electrons. The number of hydrogen-bond donors (Lipinski definition) is 0. The lowest BCUT2D eigenvalue weighted by molar-refractivity contribution is 1.11. The molecular formula is C11H5BrCl3NS. The van der Waals surface area contributed by atoms with Gasteiger partial charge in [0.15, 0.2) is 0 Å². The van der Waals surface area contributed by atoms with Crippen molar-refractivity contribution in [3.05, 3.63) is 50.0 Å². The quantitative estimate of drug-likeness (QED) is 0.648. The van der Waals surface area contributed by atoms with Gasteiger partial charge in [-0.05, 0) is 40.2 Å². The molecule has 0 saturated carbocycles. The van der Waals surface area contributed by atoms with E-state index in [0.717, 1.165) is 14.4 Å². The molecule has 0 fully saturated rings. The van der Waals surface area contributed by atoms with Crippen LogP contribution in [0.4, 0.5) is 0 Å². The van der Waals surface area contributed by atoms with E-state index in [0.29, 0.717) is 15.1 Å². The summed E-state index contributed by atoms with van der Waals surface area (Å²) in [6, 6.07) is 7.25. The molecule has 2 rings (SSSR count). The molecular weight excluding hydrogens is 364 g/mol. The van der Waals surface area contributed by atoms with E-state index in [1.54, 1.807) is 24.4 Å². The number of nitrogens with zero attached hydrogens (tertiary/aromatic N) is 1. The second-order valence-corrected chi connectivity index (χ2v) is 6.29. The van der Waals surface area contributed by atoms with Gasteiger partial charge >= 0.3 is 0 Å². The Balaban J connectivity index is 2.28. The first kappa shape index (κ1) is 13.5. The standard InChI is InChI=1S/C11H5BrCl3NS/c12-8-3-6(13)5-16-11(8)17-7-1-2-9(14)10(15)4-7/h1-5H. The van der Waals surface area contributed by atoms with E-state index < -0.39 is 0 Å². The van der Waals surface area contributed by atoms with Gasteiger partial charge in [-0.2, -0.15) is 0 Å². The highest BCUT2D eigenvalue weighted by molar-refractivity contribution is 9.10. The molecule has 2 aromatic rings. The molecule has 1 aromatic heterocycles. The van der Waals surface area contributed by atoms with Crippen molar-refractivity contribution in [1.82, 2.24) is 4.98 Å². The van der Waals surface area contributed by atoms with Crippen LogP contribution in [0, 0.1) is 0 Å². The van der Waals surface area contributed by atoms with Crippen molar-refractivity contribution < 1.29 is 0 Å². The third-order valence-corrected chi connectivity index (χ3v) is 4.70. The summed E-state index contributed by atoms with van der Waals surface area (Å²) in [7, 11) is 0. The fourth-order valence-electron chi connectivity index (χ4n) is 1.13. The van der Waals surface area contributed by atoms with Crippen LogP contribution in [0.15, 0.2) is 44.9 Å². The topological polar surface area (TPSA) is 12.9 Å². The van der Waals surface area contributed by atoms with E-state index in [4.69, 9.17) is 34.8 Å². The van der Waals surface area contributed by atoms with Crippen molar-refractivity contribution >= 4 is 62.5 Å². The summed E-state index contributed by atoms with van der Waals surface area (Å²) >= 11 is 22.5. The molecule has 1 aromatic carbocycles. The van der Waals surface area contributed by atoms with Gasteiger partial charge in [-0.25, -0.2) is 4.98 Å². The first-order valence-corrected chi connectivity index (χ1v) is 7.24. The minimum absolute atomic E-state index is 0.529.